The molecule has 1 aliphatic carbocycles. The average Bonchev–Trinajstić information content (AvgIpc) is 3.18. The molecule has 1 fully saturated rings. The van der Waals surface area contributed by atoms with Gasteiger partial charge in [-0.3, -0.25) is 4.79 Å². The third kappa shape index (κ3) is 5.01. The molecule has 0 bridgehead atoms. The molecule has 1 aliphatic rings. The van der Waals surface area contributed by atoms with Crippen molar-refractivity contribution in [2.75, 3.05) is 18.0 Å². The Hall–Kier alpha value is -1.62. The summed E-state index contributed by atoms with van der Waals surface area (Å²) in [5.41, 5.74) is 7.63. The van der Waals surface area contributed by atoms with Gasteiger partial charge in [0, 0.05) is 25.3 Å². The number of rotatable bonds is 8. The minimum Gasteiger partial charge on any atom is -0.368 e. The molecule has 1 heterocycles. The lowest BCUT2D eigenvalue weighted by molar-refractivity contribution is -0.116. The summed E-state index contributed by atoms with van der Waals surface area (Å²) in [5.74, 6) is 0.982. The number of nitrogens with two attached hydrogens (primary N) is 1. The summed E-state index contributed by atoms with van der Waals surface area (Å²) in [6.45, 7) is 8.13. The smallest absolute Gasteiger partial charge is 0.236 e. The molecule has 1 amide bonds. The van der Waals surface area contributed by atoms with Gasteiger partial charge in [-0.2, -0.15) is 0 Å². The van der Waals surface area contributed by atoms with Crippen LogP contribution in [0.15, 0.2) is 12.3 Å². The highest BCUT2D eigenvalue weighted by atomic mass is 16.1. The molecule has 1 saturated carbocycles. The summed E-state index contributed by atoms with van der Waals surface area (Å²) in [5, 5.41) is 3.49. The Balaban J connectivity index is 2.09. The molecule has 1 aromatic heterocycles. The first kappa shape index (κ1) is 15.8. The van der Waals surface area contributed by atoms with Gasteiger partial charge in [-0.25, -0.2) is 4.98 Å². The van der Waals surface area contributed by atoms with Gasteiger partial charge in [-0.05, 0) is 42.9 Å². The molecule has 5 heteroatoms. The van der Waals surface area contributed by atoms with Crippen LogP contribution in [0.5, 0.6) is 0 Å². The van der Waals surface area contributed by atoms with Crippen molar-refractivity contribution in [1.29, 1.82) is 0 Å². The second kappa shape index (κ2) is 6.89. The van der Waals surface area contributed by atoms with Gasteiger partial charge in [-0.15, -0.1) is 0 Å². The summed E-state index contributed by atoms with van der Waals surface area (Å²) in [7, 11) is 0. The number of anilines is 1. The molecular weight excluding hydrogens is 264 g/mol. The van der Waals surface area contributed by atoms with Crippen LogP contribution in [0.3, 0.4) is 0 Å². The quantitative estimate of drug-likeness (QED) is 0.762. The first-order valence-corrected chi connectivity index (χ1v) is 7.68. The predicted octanol–water partition coefficient (Wildman–Crippen LogP) is 1.59. The number of carbonyl (C=O) groups excluding carboxylic acids is 1. The van der Waals surface area contributed by atoms with Crippen LogP contribution >= 0.6 is 0 Å². The molecule has 0 radical (unpaired) electrons. The fraction of sp³-hybridized carbons (Fsp3) is 0.625. The van der Waals surface area contributed by atoms with E-state index >= 15 is 0 Å². The van der Waals surface area contributed by atoms with Crippen molar-refractivity contribution in [3.8, 4) is 0 Å². The monoisotopic (exact) mass is 290 g/mol. The van der Waals surface area contributed by atoms with Gasteiger partial charge < -0.3 is 16.0 Å². The van der Waals surface area contributed by atoms with Crippen LogP contribution in [0.25, 0.3) is 0 Å². The number of nitrogens with one attached hydrogen (secondary N) is 1. The Morgan fingerprint density at radius 2 is 2.24 bits per heavy atom. The van der Waals surface area contributed by atoms with E-state index < -0.39 is 0 Å². The van der Waals surface area contributed by atoms with E-state index in [1.165, 1.54) is 18.4 Å². The van der Waals surface area contributed by atoms with Gasteiger partial charge in [0.25, 0.3) is 0 Å². The molecule has 5 nitrogen and oxygen atoms in total. The second-order valence-electron chi connectivity index (χ2n) is 6.38. The molecule has 0 aliphatic heterocycles. The van der Waals surface area contributed by atoms with Crippen molar-refractivity contribution in [1.82, 2.24) is 10.3 Å². The normalized spacial score (nSPS) is 14.5. The van der Waals surface area contributed by atoms with Crippen molar-refractivity contribution in [3.63, 3.8) is 0 Å². The van der Waals surface area contributed by atoms with Crippen molar-refractivity contribution >= 4 is 11.7 Å². The minimum atomic E-state index is -0.323. The largest absolute Gasteiger partial charge is 0.368 e. The first-order chi connectivity index (χ1) is 9.95. The Labute approximate surface area is 126 Å². The van der Waals surface area contributed by atoms with Crippen LogP contribution in [-0.2, 0) is 11.3 Å². The number of nitrogens with zero attached hydrogens (tertiary/aromatic N) is 2. The van der Waals surface area contributed by atoms with Crippen molar-refractivity contribution in [2.45, 2.75) is 46.2 Å². The topological polar surface area (TPSA) is 71.2 Å². The van der Waals surface area contributed by atoms with E-state index in [0.29, 0.717) is 12.0 Å². The third-order valence-corrected chi connectivity index (χ3v) is 3.51. The van der Waals surface area contributed by atoms with E-state index in [2.05, 4.69) is 30.2 Å². The number of amides is 1. The number of primary amides is 1. The second-order valence-corrected chi connectivity index (χ2v) is 6.38. The number of pyridine rings is 1. The molecule has 0 atom stereocenters. The zero-order valence-corrected chi connectivity index (χ0v) is 13.2. The standard InChI is InChI=1S/C16H26N4O/c1-11(2)9-20(10-15(17)21)16-12(3)6-13(8-19-16)7-18-14-4-5-14/h6,8,11,14,18H,4-5,7,9-10H2,1-3H3,(H2,17,21). The average molecular weight is 290 g/mol. The third-order valence-electron chi connectivity index (χ3n) is 3.51. The van der Waals surface area contributed by atoms with Crippen molar-refractivity contribution in [3.05, 3.63) is 23.4 Å². The van der Waals surface area contributed by atoms with E-state index in [1.807, 2.05) is 18.0 Å². The van der Waals surface area contributed by atoms with Gasteiger partial charge in [-0.1, -0.05) is 13.8 Å². The maximum absolute atomic E-state index is 11.3. The lowest BCUT2D eigenvalue weighted by atomic mass is 10.1. The van der Waals surface area contributed by atoms with Crippen LogP contribution in [0.4, 0.5) is 5.82 Å². The van der Waals surface area contributed by atoms with Crippen LogP contribution < -0.4 is 16.0 Å². The SMILES string of the molecule is Cc1cc(CNC2CC2)cnc1N(CC(N)=O)CC(C)C. The van der Waals surface area contributed by atoms with E-state index in [0.717, 1.165) is 24.5 Å². The van der Waals surface area contributed by atoms with E-state index in [-0.39, 0.29) is 12.5 Å². The van der Waals surface area contributed by atoms with Crippen molar-refractivity contribution in [2.24, 2.45) is 11.7 Å². The van der Waals surface area contributed by atoms with Crippen LogP contribution in [0.2, 0.25) is 0 Å². The number of carbonyl (C=O) groups is 1. The zero-order valence-electron chi connectivity index (χ0n) is 13.2. The summed E-state index contributed by atoms with van der Waals surface area (Å²) in [6.07, 6.45) is 4.46. The number of hydrogen-bond acceptors (Lipinski definition) is 4. The molecular formula is C16H26N4O. The Morgan fingerprint density at radius 1 is 1.52 bits per heavy atom. The molecule has 2 rings (SSSR count). The number of hydrogen-bond donors (Lipinski definition) is 2. The van der Waals surface area contributed by atoms with E-state index in [1.54, 1.807) is 0 Å². The van der Waals surface area contributed by atoms with Gasteiger partial charge in [0.2, 0.25) is 5.91 Å². The van der Waals surface area contributed by atoms with Gasteiger partial charge >= 0.3 is 0 Å². The van der Waals surface area contributed by atoms with Gasteiger partial charge in [0.05, 0.1) is 6.54 Å². The molecule has 0 unspecified atom stereocenters. The molecule has 0 saturated heterocycles. The maximum Gasteiger partial charge on any atom is 0.236 e. The van der Waals surface area contributed by atoms with Crippen LogP contribution in [0, 0.1) is 12.8 Å². The fourth-order valence-electron chi connectivity index (χ4n) is 2.46. The Kier molecular flexibility index (Phi) is 5.17. The number of aryl methyl sites for hydroxylation is 1. The van der Waals surface area contributed by atoms with E-state index in [4.69, 9.17) is 5.73 Å². The lowest BCUT2D eigenvalue weighted by Gasteiger charge is -2.26. The molecule has 21 heavy (non-hydrogen) atoms. The highest BCUT2D eigenvalue weighted by molar-refractivity contribution is 5.79. The van der Waals surface area contributed by atoms with Crippen LogP contribution in [-0.4, -0.2) is 30.0 Å². The van der Waals surface area contributed by atoms with E-state index in [9.17, 15) is 4.79 Å². The zero-order chi connectivity index (χ0) is 15.4. The molecule has 116 valence electrons. The lowest BCUT2D eigenvalue weighted by Crippen LogP contribution is -2.37. The van der Waals surface area contributed by atoms with Gasteiger partial charge in [0.15, 0.2) is 0 Å². The maximum atomic E-state index is 11.3. The highest BCUT2D eigenvalue weighted by Gasteiger charge is 2.20. The predicted molar refractivity (Wildman–Crippen MR) is 85.1 cm³/mol. The molecule has 1 aromatic rings. The fourth-order valence-corrected chi connectivity index (χ4v) is 2.46. The van der Waals surface area contributed by atoms with Crippen molar-refractivity contribution < 1.29 is 4.79 Å². The summed E-state index contributed by atoms with van der Waals surface area (Å²) in [6, 6.07) is 2.84. The van der Waals surface area contributed by atoms with Gasteiger partial charge in [0.1, 0.15) is 5.82 Å². The summed E-state index contributed by atoms with van der Waals surface area (Å²) in [4.78, 5) is 17.8. The Morgan fingerprint density at radius 3 is 2.76 bits per heavy atom. The summed E-state index contributed by atoms with van der Waals surface area (Å²) >= 11 is 0. The molecule has 0 aromatic carbocycles. The minimum absolute atomic E-state index is 0.214. The highest BCUT2D eigenvalue weighted by Crippen LogP contribution is 2.21. The molecule has 0 spiro atoms. The summed E-state index contributed by atoms with van der Waals surface area (Å²) < 4.78 is 0. The molecule has 3 N–H and O–H groups in total. The first-order valence-electron chi connectivity index (χ1n) is 7.68. The Bertz CT molecular complexity index is 497. The number of aromatic nitrogens is 1. The van der Waals surface area contributed by atoms with Crippen LogP contribution in [0.1, 0.15) is 37.8 Å².